The van der Waals surface area contributed by atoms with Crippen molar-refractivity contribution >= 4 is 46.4 Å². The second-order valence-corrected chi connectivity index (χ2v) is 5.20. The van der Waals surface area contributed by atoms with E-state index in [1.807, 2.05) is 11.4 Å². The van der Waals surface area contributed by atoms with Crippen LogP contribution in [-0.4, -0.2) is 5.78 Å². The Morgan fingerprint density at radius 3 is 2.47 bits per heavy atom. The maximum Gasteiger partial charge on any atom is 0.195 e. The van der Waals surface area contributed by atoms with Gasteiger partial charge in [-0.15, -0.1) is 11.3 Å². The third-order valence-electron chi connectivity index (χ3n) is 2.08. The van der Waals surface area contributed by atoms with Gasteiger partial charge in [-0.3, -0.25) is 4.79 Å². The summed E-state index contributed by atoms with van der Waals surface area (Å²) in [5.74, 6) is -0.0175. The van der Waals surface area contributed by atoms with Crippen LogP contribution in [-0.2, 0) is 0 Å². The molecule has 0 atom stereocenters. The fourth-order valence-electron chi connectivity index (χ4n) is 1.34. The fraction of sp³-hybridized carbons (Fsp3) is 0. The average Bonchev–Trinajstić information content (AvgIpc) is 2.78. The number of rotatable bonds is 3. The zero-order valence-corrected chi connectivity index (χ0v) is 11.0. The zero-order valence-electron chi connectivity index (χ0n) is 8.69. The lowest BCUT2D eigenvalue weighted by Gasteiger charge is -1.96. The molecule has 0 amide bonds. The molecule has 0 saturated carbocycles. The van der Waals surface area contributed by atoms with Crippen molar-refractivity contribution in [1.82, 2.24) is 0 Å². The maximum atomic E-state index is 11.7. The normalized spacial score (nSPS) is 10.9. The van der Waals surface area contributed by atoms with Gasteiger partial charge in [0, 0.05) is 10.0 Å². The van der Waals surface area contributed by atoms with Crippen LogP contribution < -0.4 is 0 Å². The largest absolute Gasteiger partial charge is 0.288 e. The van der Waals surface area contributed by atoms with Gasteiger partial charge in [-0.25, -0.2) is 0 Å². The molecule has 1 aromatic heterocycles. The molecule has 1 heterocycles. The highest BCUT2D eigenvalue weighted by atomic mass is 35.5. The Balaban J connectivity index is 2.18. The molecular weight excluding hydrogens is 275 g/mol. The Bertz CT molecular complexity index is 539. The van der Waals surface area contributed by atoms with E-state index >= 15 is 0 Å². The Morgan fingerprint density at radius 2 is 1.88 bits per heavy atom. The molecule has 0 fully saturated rings. The number of thiophene rings is 1. The Morgan fingerprint density at radius 1 is 1.18 bits per heavy atom. The minimum Gasteiger partial charge on any atom is -0.288 e. The lowest BCUT2D eigenvalue weighted by atomic mass is 10.2. The minimum atomic E-state index is -0.0175. The SMILES string of the molecule is O=C(/C=C/c1cc(Cl)cc(Cl)c1)c1cccs1. The molecule has 2 rings (SSSR count). The third kappa shape index (κ3) is 3.43. The van der Waals surface area contributed by atoms with Crippen LogP contribution in [0.2, 0.25) is 10.0 Å². The van der Waals surface area contributed by atoms with E-state index in [4.69, 9.17) is 23.2 Å². The molecule has 0 spiro atoms. The zero-order chi connectivity index (χ0) is 12.3. The number of halogens is 2. The van der Waals surface area contributed by atoms with E-state index in [9.17, 15) is 4.79 Å². The first-order valence-corrected chi connectivity index (χ1v) is 6.51. The molecule has 0 aliphatic rings. The summed E-state index contributed by atoms with van der Waals surface area (Å²) < 4.78 is 0. The van der Waals surface area contributed by atoms with E-state index in [1.165, 1.54) is 17.4 Å². The molecule has 86 valence electrons. The highest BCUT2D eigenvalue weighted by Crippen LogP contribution is 2.20. The number of ketones is 1. The highest BCUT2D eigenvalue weighted by Gasteiger charge is 2.02. The number of allylic oxidation sites excluding steroid dienone is 1. The number of hydrogen-bond donors (Lipinski definition) is 0. The molecule has 0 aliphatic heterocycles. The van der Waals surface area contributed by atoms with Crippen LogP contribution in [0, 0.1) is 0 Å². The second-order valence-electron chi connectivity index (χ2n) is 3.38. The van der Waals surface area contributed by atoms with Gasteiger partial charge >= 0.3 is 0 Å². The summed E-state index contributed by atoms with van der Waals surface area (Å²) in [6, 6.07) is 8.81. The number of hydrogen-bond acceptors (Lipinski definition) is 2. The van der Waals surface area contributed by atoms with Gasteiger partial charge < -0.3 is 0 Å². The van der Waals surface area contributed by atoms with Crippen LogP contribution in [0.1, 0.15) is 15.2 Å². The van der Waals surface area contributed by atoms with Gasteiger partial charge in [0.15, 0.2) is 5.78 Å². The van der Waals surface area contributed by atoms with Crippen molar-refractivity contribution in [3.63, 3.8) is 0 Å². The molecule has 0 N–H and O–H groups in total. The topological polar surface area (TPSA) is 17.1 Å². The van der Waals surface area contributed by atoms with Crippen LogP contribution in [0.15, 0.2) is 41.8 Å². The Kier molecular flexibility index (Phi) is 4.00. The summed E-state index contributed by atoms with van der Waals surface area (Å²) in [4.78, 5) is 12.4. The van der Waals surface area contributed by atoms with Gasteiger partial charge in [0.1, 0.15) is 0 Å². The van der Waals surface area contributed by atoms with Gasteiger partial charge in [0.05, 0.1) is 4.88 Å². The molecule has 0 unspecified atom stereocenters. The van der Waals surface area contributed by atoms with Crippen LogP contribution in [0.3, 0.4) is 0 Å². The monoisotopic (exact) mass is 282 g/mol. The summed E-state index contributed by atoms with van der Waals surface area (Å²) in [6.07, 6.45) is 3.23. The van der Waals surface area contributed by atoms with Crippen molar-refractivity contribution < 1.29 is 4.79 Å². The number of benzene rings is 1. The molecule has 2 aromatic rings. The van der Waals surface area contributed by atoms with Gasteiger partial charge in [0.2, 0.25) is 0 Å². The van der Waals surface area contributed by atoms with Crippen molar-refractivity contribution in [1.29, 1.82) is 0 Å². The minimum absolute atomic E-state index is 0.0175. The lowest BCUT2D eigenvalue weighted by Crippen LogP contribution is -1.88. The molecule has 4 heteroatoms. The maximum absolute atomic E-state index is 11.7. The first-order valence-electron chi connectivity index (χ1n) is 4.87. The van der Waals surface area contributed by atoms with Crippen molar-refractivity contribution in [2.45, 2.75) is 0 Å². The molecule has 1 nitrogen and oxygen atoms in total. The van der Waals surface area contributed by atoms with Crippen molar-refractivity contribution in [2.24, 2.45) is 0 Å². The predicted octanol–water partition coefficient (Wildman–Crippen LogP) is 4.95. The van der Waals surface area contributed by atoms with Crippen molar-refractivity contribution in [3.8, 4) is 0 Å². The highest BCUT2D eigenvalue weighted by molar-refractivity contribution is 7.12. The second kappa shape index (κ2) is 5.50. The first kappa shape index (κ1) is 12.4. The van der Waals surface area contributed by atoms with Crippen LogP contribution in [0.25, 0.3) is 6.08 Å². The fourth-order valence-corrected chi connectivity index (χ4v) is 2.53. The first-order chi connectivity index (χ1) is 8.15. The summed E-state index contributed by atoms with van der Waals surface area (Å²) >= 11 is 13.1. The molecule has 1 aromatic carbocycles. The van der Waals surface area contributed by atoms with Gasteiger partial charge in [-0.1, -0.05) is 35.3 Å². The van der Waals surface area contributed by atoms with E-state index in [2.05, 4.69) is 0 Å². The Hall–Kier alpha value is -1.09. The summed E-state index contributed by atoms with van der Waals surface area (Å²) in [5, 5.41) is 2.98. The smallest absolute Gasteiger partial charge is 0.195 e. The van der Waals surface area contributed by atoms with Gasteiger partial charge in [-0.2, -0.15) is 0 Å². The molecule has 0 bridgehead atoms. The van der Waals surface area contributed by atoms with Crippen LogP contribution >= 0.6 is 34.5 Å². The predicted molar refractivity (Wildman–Crippen MR) is 74.1 cm³/mol. The van der Waals surface area contributed by atoms with E-state index in [-0.39, 0.29) is 5.78 Å². The van der Waals surface area contributed by atoms with Gasteiger partial charge in [0.25, 0.3) is 0 Å². The Labute approximate surface area is 113 Å². The molecule has 0 radical (unpaired) electrons. The molecule has 0 aliphatic carbocycles. The third-order valence-corrected chi connectivity index (χ3v) is 3.40. The average molecular weight is 283 g/mol. The molecule has 17 heavy (non-hydrogen) atoms. The van der Waals surface area contributed by atoms with Crippen molar-refractivity contribution in [2.75, 3.05) is 0 Å². The number of carbonyl (C=O) groups excluding carboxylic acids is 1. The standard InChI is InChI=1S/C13H8Cl2OS/c14-10-6-9(7-11(15)8-10)3-4-12(16)13-2-1-5-17-13/h1-8H/b4-3+. The van der Waals surface area contributed by atoms with E-state index < -0.39 is 0 Å². The van der Waals surface area contributed by atoms with Crippen LogP contribution in [0.5, 0.6) is 0 Å². The number of carbonyl (C=O) groups is 1. The molecular formula is C13H8Cl2OS. The summed E-state index contributed by atoms with van der Waals surface area (Å²) in [6.45, 7) is 0. The summed E-state index contributed by atoms with van der Waals surface area (Å²) in [5.41, 5.74) is 0.812. The molecule has 0 saturated heterocycles. The van der Waals surface area contributed by atoms with E-state index in [0.717, 1.165) is 10.4 Å². The quantitative estimate of drug-likeness (QED) is 0.575. The van der Waals surface area contributed by atoms with E-state index in [1.54, 1.807) is 30.3 Å². The van der Waals surface area contributed by atoms with Crippen molar-refractivity contribution in [3.05, 3.63) is 62.3 Å². The van der Waals surface area contributed by atoms with Gasteiger partial charge in [-0.05, 0) is 41.3 Å². The van der Waals surface area contributed by atoms with E-state index in [0.29, 0.717) is 10.0 Å². The van der Waals surface area contributed by atoms with Crippen LogP contribution in [0.4, 0.5) is 0 Å². The lowest BCUT2D eigenvalue weighted by molar-refractivity contribution is 0.105. The summed E-state index contributed by atoms with van der Waals surface area (Å²) in [7, 11) is 0.